The molecule has 0 aromatic heterocycles. The third kappa shape index (κ3) is 4.72. The van der Waals surface area contributed by atoms with Gasteiger partial charge in [-0.1, -0.05) is 30.3 Å². The zero-order valence-electron chi connectivity index (χ0n) is 15.0. The number of nitrogens with one attached hydrogen (secondary N) is 1. The summed E-state index contributed by atoms with van der Waals surface area (Å²) >= 11 is 0. The highest BCUT2D eigenvalue weighted by atomic mass is 16.6. The molecule has 0 unspecified atom stereocenters. The number of carbonyl (C=O) groups excluding carboxylic acids is 1. The third-order valence-electron chi connectivity index (χ3n) is 4.03. The van der Waals surface area contributed by atoms with Crippen molar-refractivity contribution in [3.8, 4) is 11.5 Å². The Hall–Kier alpha value is -3.09. The van der Waals surface area contributed by atoms with Crippen LogP contribution in [0, 0.1) is 10.1 Å². The Morgan fingerprint density at radius 3 is 2.35 bits per heavy atom. The van der Waals surface area contributed by atoms with E-state index in [0.29, 0.717) is 0 Å². The standard InChI is InChI=1S/C19H22N2O5/c1-13(9-10-14-7-5-4-6-8-14)20-19(22)15-11-17(25-2)18(26-3)12-16(15)21(23)24/h4-8,11-13H,9-10H2,1-3H3,(H,20,22)/t13-/m1/s1. The third-order valence-corrected chi connectivity index (χ3v) is 4.03. The van der Waals surface area contributed by atoms with Crippen molar-refractivity contribution >= 4 is 11.6 Å². The lowest BCUT2D eigenvalue weighted by molar-refractivity contribution is -0.385. The molecule has 26 heavy (non-hydrogen) atoms. The molecule has 2 aromatic rings. The predicted molar refractivity (Wildman–Crippen MR) is 97.9 cm³/mol. The highest BCUT2D eigenvalue weighted by Crippen LogP contribution is 2.34. The van der Waals surface area contributed by atoms with E-state index in [2.05, 4.69) is 5.32 Å². The number of hydrogen-bond acceptors (Lipinski definition) is 5. The molecule has 0 saturated carbocycles. The van der Waals surface area contributed by atoms with Gasteiger partial charge in [-0.05, 0) is 25.3 Å². The molecule has 7 nitrogen and oxygen atoms in total. The molecule has 0 bridgehead atoms. The second-order valence-electron chi connectivity index (χ2n) is 5.88. The minimum atomic E-state index is -0.606. The maximum Gasteiger partial charge on any atom is 0.286 e. The van der Waals surface area contributed by atoms with E-state index in [1.54, 1.807) is 0 Å². The Labute approximate surface area is 152 Å². The van der Waals surface area contributed by atoms with Crippen LogP contribution in [0.5, 0.6) is 11.5 Å². The van der Waals surface area contributed by atoms with Crippen LogP contribution in [0.15, 0.2) is 42.5 Å². The number of nitrogens with zero attached hydrogens (tertiary/aromatic N) is 1. The number of methoxy groups -OCH3 is 2. The lowest BCUT2D eigenvalue weighted by Crippen LogP contribution is -2.33. The molecule has 7 heteroatoms. The number of nitro benzene ring substituents is 1. The summed E-state index contributed by atoms with van der Waals surface area (Å²) in [7, 11) is 2.79. The van der Waals surface area contributed by atoms with E-state index in [0.717, 1.165) is 12.8 Å². The summed E-state index contributed by atoms with van der Waals surface area (Å²) in [5.74, 6) is -0.0497. The first-order chi connectivity index (χ1) is 12.5. The topological polar surface area (TPSA) is 90.7 Å². The number of carbonyl (C=O) groups is 1. The van der Waals surface area contributed by atoms with Gasteiger partial charge in [-0.15, -0.1) is 0 Å². The summed E-state index contributed by atoms with van der Waals surface area (Å²) < 4.78 is 10.2. The monoisotopic (exact) mass is 358 g/mol. The molecule has 0 aliphatic rings. The molecule has 1 atom stereocenters. The Bertz CT molecular complexity index is 777. The van der Waals surface area contributed by atoms with E-state index >= 15 is 0 Å². The smallest absolute Gasteiger partial charge is 0.286 e. The first-order valence-electron chi connectivity index (χ1n) is 8.21. The Kier molecular flexibility index (Phi) is 6.54. The van der Waals surface area contributed by atoms with Gasteiger partial charge in [0.2, 0.25) is 0 Å². The lowest BCUT2D eigenvalue weighted by Gasteiger charge is -2.15. The minimum Gasteiger partial charge on any atom is -0.493 e. The molecule has 0 heterocycles. The van der Waals surface area contributed by atoms with Gasteiger partial charge in [0.15, 0.2) is 11.5 Å². The number of rotatable bonds is 8. The number of amides is 1. The first kappa shape index (κ1) is 19.2. The van der Waals surface area contributed by atoms with Crippen LogP contribution in [0.1, 0.15) is 29.3 Å². The van der Waals surface area contributed by atoms with E-state index in [1.807, 2.05) is 37.3 Å². The molecule has 2 aromatic carbocycles. The fourth-order valence-corrected chi connectivity index (χ4v) is 2.60. The van der Waals surface area contributed by atoms with Crippen LogP contribution < -0.4 is 14.8 Å². The second-order valence-corrected chi connectivity index (χ2v) is 5.88. The Morgan fingerprint density at radius 2 is 1.77 bits per heavy atom. The van der Waals surface area contributed by atoms with Crippen molar-refractivity contribution in [2.24, 2.45) is 0 Å². The molecule has 1 N–H and O–H groups in total. The molecule has 1 amide bonds. The summed E-state index contributed by atoms with van der Waals surface area (Å²) in [5, 5.41) is 14.1. The minimum absolute atomic E-state index is 0.0563. The van der Waals surface area contributed by atoms with Crippen LogP contribution in [0.3, 0.4) is 0 Å². The van der Waals surface area contributed by atoms with Crippen LogP contribution in [-0.4, -0.2) is 31.1 Å². The molecule has 0 spiro atoms. The quantitative estimate of drug-likeness (QED) is 0.577. The van der Waals surface area contributed by atoms with Crippen molar-refractivity contribution in [2.45, 2.75) is 25.8 Å². The largest absolute Gasteiger partial charge is 0.493 e. The highest BCUT2D eigenvalue weighted by Gasteiger charge is 2.25. The van der Waals surface area contributed by atoms with Gasteiger partial charge in [0.1, 0.15) is 5.56 Å². The molecule has 0 aliphatic carbocycles. The number of aryl methyl sites for hydroxylation is 1. The fraction of sp³-hybridized carbons (Fsp3) is 0.316. The SMILES string of the molecule is COc1cc(C(=O)N[C@H](C)CCc2ccccc2)c([N+](=O)[O-])cc1OC. The molecule has 138 valence electrons. The molecule has 0 saturated heterocycles. The highest BCUT2D eigenvalue weighted by molar-refractivity contribution is 5.99. The second kappa shape index (κ2) is 8.84. The van der Waals surface area contributed by atoms with Gasteiger partial charge >= 0.3 is 0 Å². The average Bonchev–Trinajstić information content (AvgIpc) is 2.65. The van der Waals surface area contributed by atoms with Crippen molar-refractivity contribution < 1.29 is 19.2 Å². The van der Waals surface area contributed by atoms with E-state index in [-0.39, 0.29) is 28.8 Å². The first-order valence-corrected chi connectivity index (χ1v) is 8.21. The van der Waals surface area contributed by atoms with Gasteiger partial charge in [0.25, 0.3) is 11.6 Å². The zero-order chi connectivity index (χ0) is 19.1. The number of ether oxygens (including phenoxy) is 2. The van der Waals surface area contributed by atoms with Gasteiger partial charge in [0.05, 0.1) is 25.2 Å². The zero-order valence-corrected chi connectivity index (χ0v) is 15.0. The van der Waals surface area contributed by atoms with E-state index in [9.17, 15) is 14.9 Å². The van der Waals surface area contributed by atoms with Crippen molar-refractivity contribution in [2.75, 3.05) is 14.2 Å². The van der Waals surface area contributed by atoms with Crippen molar-refractivity contribution in [3.63, 3.8) is 0 Å². The van der Waals surface area contributed by atoms with Gasteiger partial charge in [-0.2, -0.15) is 0 Å². The summed E-state index contributed by atoms with van der Waals surface area (Å²) in [6, 6.07) is 12.3. The maximum absolute atomic E-state index is 12.5. The molecule has 0 radical (unpaired) electrons. The van der Waals surface area contributed by atoms with Gasteiger partial charge in [-0.25, -0.2) is 0 Å². The van der Waals surface area contributed by atoms with Gasteiger partial charge in [-0.3, -0.25) is 14.9 Å². The Morgan fingerprint density at radius 1 is 1.15 bits per heavy atom. The number of hydrogen-bond donors (Lipinski definition) is 1. The van der Waals surface area contributed by atoms with Crippen molar-refractivity contribution in [1.82, 2.24) is 5.32 Å². The summed E-state index contributed by atoms with van der Waals surface area (Å²) in [6.45, 7) is 1.87. The molecular weight excluding hydrogens is 336 g/mol. The molecule has 0 fully saturated rings. The van der Waals surface area contributed by atoms with Gasteiger partial charge < -0.3 is 14.8 Å². The van der Waals surface area contributed by atoms with Gasteiger partial charge in [0, 0.05) is 12.1 Å². The molecule has 2 rings (SSSR count). The summed E-state index contributed by atoms with van der Waals surface area (Å²) in [6.07, 6.45) is 1.52. The van der Waals surface area contributed by atoms with E-state index < -0.39 is 10.8 Å². The van der Waals surface area contributed by atoms with Crippen LogP contribution in [0.4, 0.5) is 5.69 Å². The van der Waals surface area contributed by atoms with E-state index in [1.165, 1.54) is 31.9 Å². The van der Waals surface area contributed by atoms with Crippen LogP contribution in [-0.2, 0) is 6.42 Å². The molecule has 0 aliphatic heterocycles. The summed E-state index contributed by atoms with van der Waals surface area (Å²) in [5.41, 5.74) is 0.792. The summed E-state index contributed by atoms with van der Waals surface area (Å²) in [4.78, 5) is 23.3. The lowest BCUT2D eigenvalue weighted by atomic mass is 10.1. The maximum atomic E-state index is 12.5. The predicted octanol–water partition coefficient (Wildman–Crippen LogP) is 3.36. The van der Waals surface area contributed by atoms with Crippen molar-refractivity contribution in [3.05, 3.63) is 63.7 Å². The van der Waals surface area contributed by atoms with Crippen molar-refractivity contribution in [1.29, 1.82) is 0 Å². The van der Waals surface area contributed by atoms with Crippen LogP contribution >= 0.6 is 0 Å². The van der Waals surface area contributed by atoms with E-state index in [4.69, 9.17) is 9.47 Å². The van der Waals surface area contributed by atoms with Crippen LogP contribution in [0.25, 0.3) is 0 Å². The average molecular weight is 358 g/mol. The number of nitro groups is 1. The molecular formula is C19H22N2O5. The fourth-order valence-electron chi connectivity index (χ4n) is 2.60. The Balaban J connectivity index is 2.13. The van der Waals surface area contributed by atoms with Crippen LogP contribution in [0.2, 0.25) is 0 Å². The number of benzene rings is 2. The normalized spacial score (nSPS) is 11.5.